The lowest BCUT2D eigenvalue weighted by Crippen LogP contribution is -2.53. The van der Waals surface area contributed by atoms with Gasteiger partial charge in [-0.25, -0.2) is 0 Å². The number of aliphatic hydroxyl groups is 1. The number of piperidine rings is 1. The van der Waals surface area contributed by atoms with Crippen molar-refractivity contribution in [3.8, 4) is 0 Å². The SMILES string of the molecule is CC1CCCCN1S(=O)(=O)N[C@H](CO)C(=O)O. The lowest BCUT2D eigenvalue weighted by molar-refractivity contribution is -0.139. The van der Waals surface area contributed by atoms with Crippen molar-refractivity contribution in [2.24, 2.45) is 0 Å². The predicted octanol–water partition coefficient (Wildman–Crippen LogP) is -0.859. The van der Waals surface area contributed by atoms with Gasteiger partial charge < -0.3 is 10.2 Å². The van der Waals surface area contributed by atoms with Crippen molar-refractivity contribution in [3.05, 3.63) is 0 Å². The molecule has 1 unspecified atom stereocenters. The summed E-state index contributed by atoms with van der Waals surface area (Å²) in [6.07, 6.45) is 2.50. The van der Waals surface area contributed by atoms with E-state index in [2.05, 4.69) is 0 Å². The van der Waals surface area contributed by atoms with E-state index in [1.165, 1.54) is 4.31 Å². The van der Waals surface area contributed by atoms with E-state index in [9.17, 15) is 13.2 Å². The summed E-state index contributed by atoms with van der Waals surface area (Å²) >= 11 is 0. The first-order valence-corrected chi connectivity index (χ1v) is 6.95. The lowest BCUT2D eigenvalue weighted by Gasteiger charge is -2.32. The summed E-state index contributed by atoms with van der Waals surface area (Å²) in [6, 6.07) is -1.64. The Kier molecular flexibility index (Phi) is 4.87. The maximum absolute atomic E-state index is 11.9. The van der Waals surface area contributed by atoms with Crippen LogP contribution in [0.2, 0.25) is 0 Å². The maximum Gasteiger partial charge on any atom is 0.324 e. The summed E-state index contributed by atoms with van der Waals surface area (Å²) in [5.74, 6) is -1.39. The number of aliphatic carboxylic acids is 1. The third-order valence-electron chi connectivity index (χ3n) is 2.82. The van der Waals surface area contributed by atoms with Gasteiger partial charge in [0.1, 0.15) is 6.04 Å². The molecule has 3 N–H and O–H groups in total. The molecule has 0 amide bonds. The Bertz CT molecular complexity index is 370. The number of hydrogen-bond acceptors (Lipinski definition) is 4. The van der Waals surface area contributed by atoms with Crippen LogP contribution in [-0.4, -0.2) is 54.1 Å². The highest BCUT2D eigenvalue weighted by Crippen LogP contribution is 2.19. The summed E-state index contributed by atoms with van der Waals surface area (Å²) in [5.41, 5.74) is 0. The van der Waals surface area contributed by atoms with Gasteiger partial charge in [0.2, 0.25) is 0 Å². The van der Waals surface area contributed by atoms with E-state index in [1.807, 2.05) is 4.72 Å². The van der Waals surface area contributed by atoms with E-state index in [-0.39, 0.29) is 6.04 Å². The second kappa shape index (κ2) is 5.76. The largest absolute Gasteiger partial charge is 0.480 e. The van der Waals surface area contributed by atoms with Crippen molar-refractivity contribution in [2.75, 3.05) is 13.2 Å². The van der Waals surface area contributed by atoms with Crippen molar-refractivity contribution < 1.29 is 23.4 Å². The van der Waals surface area contributed by atoms with Gasteiger partial charge in [-0.1, -0.05) is 6.42 Å². The van der Waals surface area contributed by atoms with Crippen LogP contribution in [0.25, 0.3) is 0 Å². The molecule has 0 bridgehead atoms. The maximum atomic E-state index is 11.9. The average Bonchev–Trinajstić information content (AvgIpc) is 2.26. The standard InChI is InChI=1S/C9H18N2O5S/c1-7-4-2-3-5-11(7)17(15,16)10-8(6-12)9(13)14/h7-8,10,12H,2-6H2,1H3,(H,13,14)/t7?,8-/m1/s1. The molecule has 17 heavy (non-hydrogen) atoms. The topological polar surface area (TPSA) is 107 Å². The van der Waals surface area contributed by atoms with E-state index in [0.717, 1.165) is 19.3 Å². The van der Waals surface area contributed by atoms with E-state index >= 15 is 0 Å². The van der Waals surface area contributed by atoms with Gasteiger partial charge in [0, 0.05) is 12.6 Å². The molecule has 1 heterocycles. The number of nitrogens with one attached hydrogen (secondary N) is 1. The van der Waals surface area contributed by atoms with Crippen LogP contribution >= 0.6 is 0 Å². The fourth-order valence-electron chi connectivity index (χ4n) is 1.84. The molecular formula is C9H18N2O5S. The molecule has 0 aromatic rings. The van der Waals surface area contributed by atoms with Gasteiger partial charge >= 0.3 is 5.97 Å². The van der Waals surface area contributed by atoms with Crippen molar-refractivity contribution in [1.82, 2.24) is 9.03 Å². The minimum atomic E-state index is -3.85. The molecule has 8 heteroatoms. The zero-order valence-corrected chi connectivity index (χ0v) is 10.5. The molecule has 1 saturated heterocycles. The Balaban J connectivity index is 2.76. The van der Waals surface area contributed by atoms with Crippen molar-refractivity contribution >= 4 is 16.2 Å². The van der Waals surface area contributed by atoms with Crippen molar-refractivity contribution in [1.29, 1.82) is 0 Å². The van der Waals surface area contributed by atoms with Gasteiger partial charge in [0.25, 0.3) is 10.2 Å². The first kappa shape index (κ1) is 14.4. The molecule has 0 aliphatic carbocycles. The molecule has 1 fully saturated rings. The minimum absolute atomic E-state index is 0.144. The van der Waals surface area contributed by atoms with Crippen LogP contribution in [0.15, 0.2) is 0 Å². The summed E-state index contributed by atoms with van der Waals surface area (Å²) in [6.45, 7) is 1.40. The number of carboxylic acids is 1. The van der Waals surface area contributed by atoms with Crippen molar-refractivity contribution in [2.45, 2.75) is 38.3 Å². The molecule has 0 aromatic carbocycles. The van der Waals surface area contributed by atoms with E-state index in [0.29, 0.717) is 6.54 Å². The minimum Gasteiger partial charge on any atom is -0.480 e. The summed E-state index contributed by atoms with van der Waals surface area (Å²) in [7, 11) is -3.85. The zero-order chi connectivity index (χ0) is 13.1. The zero-order valence-electron chi connectivity index (χ0n) is 9.66. The van der Waals surface area contributed by atoms with E-state index in [4.69, 9.17) is 10.2 Å². The third kappa shape index (κ3) is 3.63. The molecule has 0 radical (unpaired) electrons. The van der Waals surface area contributed by atoms with Crippen LogP contribution < -0.4 is 4.72 Å². The van der Waals surface area contributed by atoms with Crippen LogP contribution in [0.3, 0.4) is 0 Å². The lowest BCUT2D eigenvalue weighted by atomic mass is 10.1. The first-order valence-electron chi connectivity index (χ1n) is 5.51. The summed E-state index contributed by atoms with van der Waals surface area (Å²) in [5, 5.41) is 17.5. The highest BCUT2D eigenvalue weighted by molar-refractivity contribution is 7.87. The molecule has 0 saturated carbocycles. The molecule has 2 atom stereocenters. The molecule has 100 valence electrons. The second-order valence-corrected chi connectivity index (χ2v) is 5.81. The molecule has 1 aliphatic rings. The fraction of sp³-hybridized carbons (Fsp3) is 0.889. The van der Waals surface area contributed by atoms with Crippen LogP contribution in [-0.2, 0) is 15.0 Å². The quantitative estimate of drug-likeness (QED) is 0.600. The summed E-state index contributed by atoms with van der Waals surface area (Å²) < 4.78 is 27.1. The van der Waals surface area contributed by atoms with Crippen LogP contribution in [0, 0.1) is 0 Å². The highest BCUT2D eigenvalue weighted by atomic mass is 32.2. The number of rotatable bonds is 5. The number of nitrogens with zero attached hydrogens (tertiary/aromatic N) is 1. The van der Waals surface area contributed by atoms with Gasteiger partial charge in [0.15, 0.2) is 0 Å². The predicted molar refractivity (Wildman–Crippen MR) is 60.6 cm³/mol. The Hall–Kier alpha value is -0.700. The van der Waals surface area contributed by atoms with Crippen LogP contribution in [0.1, 0.15) is 26.2 Å². The molecule has 1 aliphatic heterocycles. The Morgan fingerprint density at radius 3 is 2.65 bits per heavy atom. The number of carbonyl (C=O) groups is 1. The average molecular weight is 266 g/mol. The smallest absolute Gasteiger partial charge is 0.324 e. The molecule has 7 nitrogen and oxygen atoms in total. The van der Waals surface area contributed by atoms with Gasteiger partial charge in [-0.05, 0) is 19.8 Å². The number of hydrogen-bond donors (Lipinski definition) is 3. The first-order chi connectivity index (χ1) is 7.88. The molecule has 0 aromatic heterocycles. The number of carboxylic acid groups (broad SMARTS) is 1. The van der Waals surface area contributed by atoms with Gasteiger partial charge in [-0.15, -0.1) is 0 Å². The molecule has 1 rings (SSSR count). The number of aliphatic hydroxyl groups excluding tert-OH is 1. The second-order valence-electron chi connectivity index (χ2n) is 4.15. The fourth-order valence-corrected chi connectivity index (χ4v) is 3.46. The normalized spacial score (nSPS) is 24.5. The molecular weight excluding hydrogens is 248 g/mol. The van der Waals surface area contributed by atoms with Crippen LogP contribution in [0.4, 0.5) is 0 Å². The highest BCUT2D eigenvalue weighted by Gasteiger charge is 2.32. The Morgan fingerprint density at radius 1 is 1.53 bits per heavy atom. The van der Waals surface area contributed by atoms with E-state index in [1.54, 1.807) is 6.92 Å². The van der Waals surface area contributed by atoms with Gasteiger partial charge in [0.05, 0.1) is 6.61 Å². The third-order valence-corrected chi connectivity index (χ3v) is 4.56. The van der Waals surface area contributed by atoms with E-state index < -0.39 is 28.8 Å². The van der Waals surface area contributed by atoms with Crippen molar-refractivity contribution in [3.63, 3.8) is 0 Å². The monoisotopic (exact) mass is 266 g/mol. The van der Waals surface area contributed by atoms with Crippen LogP contribution in [0.5, 0.6) is 0 Å². The Morgan fingerprint density at radius 2 is 2.18 bits per heavy atom. The van der Waals surface area contributed by atoms with Gasteiger partial charge in [-0.3, -0.25) is 4.79 Å². The summed E-state index contributed by atoms with van der Waals surface area (Å²) in [4.78, 5) is 10.7. The Labute approximate surface area is 101 Å². The van der Waals surface area contributed by atoms with Gasteiger partial charge in [-0.2, -0.15) is 17.4 Å². The molecule has 0 spiro atoms.